The standard InChI is InChI=1S/C13H18ClN3O2S/c14-12-3-6-15-9-13(12)20(18,19)16-10-4-7-17(8-5-10)11-1-2-11/h3,6,9-11,16H,1-2,4-5,7-8H2. The Kier molecular flexibility index (Phi) is 3.99. The first kappa shape index (κ1) is 14.3. The number of hydrogen-bond donors (Lipinski definition) is 1. The number of sulfonamides is 1. The van der Waals surface area contributed by atoms with E-state index in [0.29, 0.717) is 0 Å². The van der Waals surface area contributed by atoms with Gasteiger partial charge < -0.3 is 4.90 Å². The van der Waals surface area contributed by atoms with Crippen molar-refractivity contribution in [3.05, 3.63) is 23.5 Å². The van der Waals surface area contributed by atoms with Crippen LogP contribution in [0.2, 0.25) is 5.02 Å². The fourth-order valence-electron chi connectivity index (χ4n) is 2.67. The van der Waals surface area contributed by atoms with Gasteiger partial charge in [0.15, 0.2) is 0 Å². The average Bonchev–Trinajstić information content (AvgIpc) is 3.24. The second-order valence-corrected chi connectivity index (χ2v) is 7.56. The van der Waals surface area contributed by atoms with Crippen LogP contribution in [0.15, 0.2) is 23.4 Å². The number of aromatic nitrogens is 1. The van der Waals surface area contributed by atoms with Crippen molar-refractivity contribution in [2.24, 2.45) is 0 Å². The topological polar surface area (TPSA) is 62.3 Å². The molecular weight excluding hydrogens is 298 g/mol. The molecule has 2 fully saturated rings. The van der Waals surface area contributed by atoms with Crippen molar-refractivity contribution in [2.45, 2.75) is 42.7 Å². The fourth-order valence-corrected chi connectivity index (χ4v) is 4.40. The second-order valence-electron chi connectivity index (χ2n) is 5.47. The van der Waals surface area contributed by atoms with E-state index in [9.17, 15) is 8.42 Å². The van der Waals surface area contributed by atoms with Gasteiger partial charge in [0.2, 0.25) is 10.0 Å². The van der Waals surface area contributed by atoms with Gasteiger partial charge in [-0.2, -0.15) is 0 Å². The van der Waals surface area contributed by atoms with E-state index in [1.54, 1.807) is 0 Å². The zero-order valence-electron chi connectivity index (χ0n) is 11.1. The third kappa shape index (κ3) is 3.14. The number of nitrogens with zero attached hydrogens (tertiary/aromatic N) is 2. The minimum Gasteiger partial charge on any atom is -0.300 e. The molecule has 0 bridgehead atoms. The van der Waals surface area contributed by atoms with E-state index in [-0.39, 0.29) is 16.0 Å². The highest BCUT2D eigenvalue weighted by atomic mass is 35.5. The third-order valence-corrected chi connectivity index (χ3v) is 5.93. The van der Waals surface area contributed by atoms with E-state index >= 15 is 0 Å². The molecule has 0 spiro atoms. The Morgan fingerprint density at radius 2 is 1.95 bits per heavy atom. The monoisotopic (exact) mass is 315 g/mol. The molecule has 20 heavy (non-hydrogen) atoms. The lowest BCUT2D eigenvalue weighted by Crippen LogP contribution is -2.45. The molecule has 1 saturated heterocycles. The van der Waals surface area contributed by atoms with E-state index in [4.69, 9.17) is 11.6 Å². The molecule has 0 atom stereocenters. The van der Waals surface area contributed by atoms with Gasteiger partial charge in [-0.1, -0.05) is 11.6 Å². The van der Waals surface area contributed by atoms with Crippen LogP contribution in [0, 0.1) is 0 Å². The highest BCUT2D eigenvalue weighted by molar-refractivity contribution is 7.89. The molecule has 1 aromatic heterocycles. The zero-order valence-corrected chi connectivity index (χ0v) is 12.7. The molecule has 3 rings (SSSR count). The summed E-state index contributed by atoms with van der Waals surface area (Å²) in [5.74, 6) is 0. The lowest BCUT2D eigenvalue weighted by Gasteiger charge is -2.32. The summed E-state index contributed by atoms with van der Waals surface area (Å²) >= 11 is 5.93. The number of halogens is 1. The molecule has 110 valence electrons. The van der Waals surface area contributed by atoms with Crippen molar-refractivity contribution in [2.75, 3.05) is 13.1 Å². The number of nitrogens with one attached hydrogen (secondary N) is 1. The van der Waals surface area contributed by atoms with E-state index in [1.165, 1.54) is 31.3 Å². The number of piperidine rings is 1. The highest BCUT2D eigenvalue weighted by Crippen LogP contribution is 2.29. The van der Waals surface area contributed by atoms with Crippen molar-refractivity contribution >= 4 is 21.6 Å². The molecule has 0 unspecified atom stereocenters. The van der Waals surface area contributed by atoms with Gasteiger partial charge in [0.25, 0.3) is 0 Å². The van der Waals surface area contributed by atoms with Crippen LogP contribution in [0.25, 0.3) is 0 Å². The first-order valence-corrected chi connectivity index (χ1v) is 8.78. The molecule has 1 N–H and O–H groups in total. The lowest BCUT2D eigenvalue weighted by atomic mass is 10.1. The van der Waals surface area contributed by atoms with Gasteiger partial charge in [-0.15, -0.1) is 0 Å². The zero-order chi connectivity index (χ0) is 14.2. The Labute approximate surface area is 124 Å². The first-order chi connectivity index (χ1) is 9.56. The maximum Gasteiger partial charge on any atom is 0.243 e. The second kappa shape index (κ2) is 5.60. The van der Waals surface area contributed by atoms with Gasteiger partial charge >= 0.3 is 0 Å². The molecule has 2 aliphatic rings. The predicted molar refractivity (Wildman–Crippen MR) is 77.2 cm³/mol. The van der Waals surface area contributed by atoms with E-state index in [1.807, 2.05) is 0 Å². The maximum atomic E-state index is 12.3. The Morgan fingerprint density at radius 1 is 1.25 bits per heavy atom. The summed E-state index contributed by atoms with van der Waals surface area (Å²) in [7, 11) is -3.58. The molecule has 7 heteroatoms. The van der Waals surface area contributed by atoms with Crippen LogP contribution in [-0.2, 0) is 10.0 Å². The van der Waals surface area contributed by atoms with E-state index < -0.39 is 10.0 Å². The number of rotatable bonds is 4. The molecule has 1 aliphatic carbocycles. The van der Waals surface area contributed by atoms with Gasteiger partial charge in [0.05, 0.1) is 5.02 Å². The van der Waals surface area contributed by atoms with E-state index in [2.05, 4.69) is 14.6 Å². The van der Waals surface area contributed by atoms with Crippen molar-refractivity contribution in [3.63, 3.8) is 0 Å². The van der Waals surface area contributed by atoms with Crippen LogP contribution in [0.1, 0.15) is 25.7 Å². The Bertz CT molecular complexity index is 581. The maximum absolute atomic E-state index is 12.3. The van der Waals surface area contributed by atoms with Crippen LogP contribution in [0.4, 0.5) is 0 Å². The molecule has 1 aliphatic heterocycles. The van der Waals surface area contributed by atoms with Crippen LogP contribution in [0.3, 0.4) is 0 Å². The Morgan fingerprint density at radius 3 is 2.55 bits per heavy atom. The molecule has 0 aromatic carbocycles. The fraction of sp³-hybridized carbons (Fsp3) is 0.615. The quantitative estimate of drug-likeness (QED) is 0.917. The van der Waals surface area contributed by atoms with Crippen LogP contribution in [0.5, 0.6) is 0 Å². The number of hydrogen-bond acceptors (Lipinski definition) is 4. The summed E-state index contributed by atoms with van der Waals surface area (Å²) in [6.45, 7) is 1.94. The smallest absolute Gasteiger partial charge is 0.243 e. The largest absolute Gasteiger partial charge is 0.300 e. The number of likely N-dealkylation sites (tertiary alicyclic amines) is 1. The van der Waals surface area contributed by atoms with Crippen LogP contribution >= 0.6 is 11.6 Å². The first-order valence-electron chi connectivity index (χ1n) is 6.92. The van der Waals surface area contributed by atoms with Crippen molar-refractivity contribution in [1.82, 2.24) is 14.6 Å². The average molecular weight is 316 g/mol. The number of pyridine rings is 1. The van der Waals surface area contributed by atoms with E-state index in [0.717, 1.165) is 32.0 Å². The van der Waals surface area contributed by atoms with Crippen LogP contribution < -0.4 is 4.72 Å². The summed E-state index contributed by atoms with van der Waals surface area (Å²) < 4.78 is 27.4. The molecule has 1 saturated carbocycles. The Hall–Kier alpha value is -0.690. The minimum atomic E-state index is -3.58. The van der Waals surface area contributed by atoms with Crippen molar-refractivity contribution in [1.29, 1.82) is 0 Å². The minimum absolute atomic E-state index is 0.00808. The van der Waals surface area contributed by atoms with Gasteiger partial charge in [0, 0.05) is 24.5 Å². The van der Waals surface area contributed by atoms with Crippen molar-refractivity contribution in [3.8, 4) is 0 Å². The summed E-state index contributed by atoms with van der Waals surface area (Å²) in [4.78, 5) is 6.36. The molecule has 0 amide bonds. The van der Waals surface area contributed by atoms with Gasteiger partial charge in [-0.3, -0.25) is 4.98 Å². The normalized spacial score (nSPS) is 22.1. The Balaban J connectivity index is 1.64. The van der Waals surface area contributed by atoms with Gasteiger partial charge in [-0.25, -0.2) is 13.1 Å². The molecule has 5 nitrogen and oxygen atoms in total. The van der Waals surface area contributed by atoms with Gasteiger partial charge in [0.1, 0.15) is 4.90 Å². The highest BCUT2D eigenvalue weighted by Gasteiger charge is 2.33. The summed E-state index contributed by atoms with van der Waals surface area (Å²) in [5, 5.41) is 0.211. The third-order valence-electron chi connectivity index (χ3n) is 3.94. The summed E-state index contributed by atoms with van der Waals surface area (Å²) in [6, 6.07) is 2.23. The summed E-state index contributed by atoms with van der Waals surface area (Å²) in [6.07, 6.45) is 7.07. The van der Waals surface area contributed by atoms with Gasteiger partial charge in [-0.05, 0) is 44.8 Å². The molecule has 0 radical (unpaired) electrons. The van der Waals surface area contributed by atoms with Crippen molar-refractivity contribution < 1.29 is 8.42 Å². The SMILES string of the molecule is O=S(=O)(NC1CCN(C2CC2)CC1)c1cnccc1Cl. The molecule has 2 heterocycles. The molecular formula is C13H18ClN3O2S. The van der Waals surface area contributed by atoms with Crippen LogP contribution in [-0.4, -0.2) is 43.5 Å². The summed E-state index contributed by atoms with van der Waals surface area (Å²) in [5.41, 5.74) is 0. The molecule has 1 aromatic rings. The predicted octanol–water partition coefficient (Wildman–Crippen LogP) is 1.64. The lowest BCUT2D eigenvalue weighted by molar-refractivity contribution is 0.199.